The number of hydrogen-bond donors (Lipinski definition) is 3. The molecule has 0 aliphatic heterocycles. The van der Waals surface area contributed by atoms with Gasteiger partial charge in [0.15, 0.2) is 0 Å². The normalized spacial score (nSPS) is 12.7. The number of aliphatic hydroxyl groups excluding tert-OH is 2. The van der Waals surface area contributed by atoms with Crippen LogP contribution in [0.25, 0.3) is 0 Å². The van der Waals surface area contributed by atoms with Crippen LogP contribution in [0, 0.1) is 0 Å². The molecule has 6 nitrogen and oxygen atoms in total. The van der Waals surface area contributed by atoms with Gasteiger partial charge in [-0.25, -0.2) is 0 Å². The van der Waals surface area contributed by atoms with Crippen LogP contribution in [0.3, 0.4) is 0 Å². The average molecular weight is 987 g/mol. The number of unbranched alkanes of at least 4 members (excludes halogenated alkanes) is 44. The third kappa shape index (κ3) is 55.7. The lowest BCUT2D eigenvalue weighted by atomic mass is 10.0. The highest BCUT2D eigenvalue weighted by Gasteiger charge is 2.20. The second kappa shape index (κ2) is 59.9. The summed E-state index contributed by atoms with van der Waals surface area (Å²) >= 11 is 0. The highest BCUT2D eigenvalue weighted by atomic mass is 16.5. The maximum Gasteiger partial charge on any atom is 0.305 e. The van der Waals surface area contributed by atoms with Gasteiger partial charge in [0.05, 0.1) is 25.4 Å². The molecule has 0 aliphatic carbocycles. The van der Waals surface area contributed by atoms with Crippen LogP contribution in [-0.4, -0.2) is 47.4 Å². The Balaban J connectivity index is 3.44. The molecule has 0 saturated heterocycles. The molecule has 0 aromatic heterocycles. The first-order chi connectivity index (χ1) is 34.5. The molecule has 2 unspecified atom stereocenters. The van der Waals surface area contributed by atoms with E-state index in [4.69, 9.17) is 4.74 Å². The van der Waals surface area contributed by atoms with Crippen molar-refractivity contribution in [2.75, 3.05) is 13.2 Å². The minimum atomic E-state index is -0.671. The van der Waals surface area contributed by atoms with Gasteiger partial charge < -0.3 is 20.3 Å². The average Bonchev–Trinajstić information content (AvgIpc) is 3.36. The summed E-state index contributed by atoms with van der Waals surface area (Å²) in [6, 6.07) is -0.549. The quantitative estimate of drug-likeness (QED) is 0.0321. The summed E-state index contributed by atoms with van der Waals surface area (Å²) in [5.41, 5.74) is 0. The molecule has 70 heavy (non-hydrogen) atoms. The zero-order valence-electron chi connectivity index (χ0n) is 47.3. The lowest BCUT2D eigenvalue weighted by Crippen LogP contribution is -2.45. The lowest BCUT2D eigenvalue weighted by Gasteiger charge is -2.22. The van der Waals surface area contributed by atoms with E-state index in [9.17, 15) is 19.8 Å². The van der Waals surface area contributed by atoms with E-state index < -0.39 is 12.1 Å². The van der Waals surface area contributed by atoms with Crippen LogP contribution in [0.4, 0.5) is 0 Å². The molecule has 414 valence electrons. The fourth-order valence-electron chi connectivity index (χ4n) is 9.87. The molecule has 0 radical (unpaired) electrons. The van der Waals surface area contributed by atoms with Crippen molar-refractivity contribution >= 4 is 11.9 Å². The molecule has 0 aromatic carbocycles. The van der Waals surface area contributed by atoms with Crippen molar-refractivity contribution in [3.63, 3.8) is 0 Å². The van der Waals surface area contributed by atoms with Crippen LogP contribution in [0.15, 0.2) is 24.3 Å². The van der Waals surface area contributed by atoms with E-state index in [0.29, 0.717) is 25.9 Å². The van der Waals surface area contributed by atoms with Gasteiger partial charge in [0.2, 0.25) is 5.91 Å². The number of hydrogen-bond acceptors (Lipinski definition) is 5. The minimum Gasteiger partial charge on any atom is -0.466 e. The number of esters is 1. The van der Waals surface area contributed by atoms with Crippen molar-refractivity contribution < 1.29 is 24.5 Å². The number of amides is 1. The van der Waals surface area contributed by atoms with Gasteiger partial charge >= 0.3 is 5.97 Å². The Morgan fingerprint density at radius 2 is 0.671 bits per heavy atom. The number of ether oxygens (including phenoxy) is 1. The predicted octanol–water partition coefficient (Wildman–Crippen LogP) is 19.8. The van der Waals surface area contributed by atoms with E-state index in [2.05, 4.69) is 43.5 Å². The van der Waals surface area contributed by atoms with Crippen LogP contribution in [-0.2, 0) is 14.3 Å². The van der Waals surface area contributed by atoms with Crippen molar-refractivity contribution in [3.05, 3.63) is 24.3 Å². The van der Waals surface area contributed by atoms with Gasteiger partial charge in [-0.3, -0.25) is 9.59 Å². The molecular formula is C64H123NO5. The van der Waals surface area contributed by atoms with Crippen LogP contribution in [0.2, 0.25) is 0 Å². The second-order valence-electron chi connectivity index (χ2n) is 21.7. The van der Waals surface area contributed by atoms with Crippen molar-refractivity contribution in [2.24, 2.45) is 0 Å². The largest absolute Gasteiger partial charge is 0.466 e. The van der Waals surface area contributed by atoms with Gasteiger partial charge in [-0.2, -0.15) is 0 Å². The van der Waals surface area contributed by atoms with Crippen LogP contribution in [0.5, 0.6) is 0 Å². The van der Waals surface area contributed by atoms with E-state index in [1.54, 1.807) is 0 Å². The predicted molar refractivity (Wildman–Crippen MR) is 306 cm³/mol. The lowest BCUT2D eigenvalue weighted by molar-refractivity contribution is -0.143. The first kappa shape index (κ1) is 68.3. The van der Waals surface area contributed by atoms with Crippen LogP contribution in [0.1, 0.15) is 348 Å². The van der Waals surface area contributed by atoms with Gasteiger partial charge in [-0.1, -0.05) is 282 Å². The van der Waals surface area contributed by atoms with E-state index in [-0.39, 0.29) is 18.5 Å². The van der Waals surface area contributed by atoms with Crippen molar-refractivity contribution in [3.8, 4) is 0 Å². The highest BCUT2D eigenvalue weighted by molar-refractivity contribution is 5.76. The first-order valence-electron chi connectivity index (χ1n) is 31.6. The molecule has 0 saturated carbocycles. The Morgan fingerprint density at radius 1 is 0.386 bits per heavy atom. The van der Waals surface area contributed by atoms with Crippen molar-refractivity contribution in [1.82, 2.24) is 5.32 Å². The number of rotatable bonds is 59. The molecule has 0 rings (SSSR count). The zero-order valence-corrected chi connectivity index (χ0v) is 47.3. The minimum absolute atomic E-state index is 0.00470. The van der Waals surface area contributed by atoms with Gasteiger partial charge in [0, 0.05) is 12.8 Å². The summed E-state index contributed by atoms with van der Waals surface area (Å²) in [6.07, 6.45) is 73.3. The third-order valence-electron chi connectivity index (χ3n) is 14.7. The molecule has 0 bridgehead atoms. The van der Waals surface area contributed by atoms with E-state index >= 15 is 0 Å². The molecule has 3 N–H and O–H groups in total. The molecule has 0 spiro atoms. The first-order valence-corrected chi connectivity index (χ1v) is 31.6. The van der Waals surface area contributed by atoms with E-state index in [1.807, 2.05) is 0 Å². The van der Waals surface area contributed by atoms with Crippen molar-refractivity contribution in [2.45, 2.75) is 360 Å². The number of aliphatic hydroxyl groups is 2. The van der Waals surface area contributed by atoms with Crippen LogP contribution < -0.4 is 5.32 Å². The third-order valence-corrected chi connectivity index (χ3v) is 14.7. The van der Waals surface area contributed by atoms with Gasteiger partial charge in [-0.15, -0.1) is 0 Å². The molecule has 0 aliphatic rings. The molecule has 1 amide bonds. The number of carbonyl (C=O) groups is 2. The number of carbonyl (C=O) groups excluding carboxylic acids is 2. The summed E-state index contributed by atoms with van der Waals surface area (Å²) in [5.74, 6) is -0.0461. The van der Waals surface area contributed by atoms with E-state index in [0.717, 1.165) is 44.9 Å². The van der Waals surface area contributed by atoms with E-state index in [1.165, 1.54) is 270 Å². The standard InChI is InChI=1S/C64H123NO5/c1-3-5-7-9-11-13-15-17-18-19-20-21-23-26-29-33-36-40-44-48-52-56-62(67)61(60-66)65-63(68)57-53-49-45-41-37-34-30-27-24-22-25-28-31-35-39-43-47-51-55-59-70-64(69)58-54-50-46-42-38-32-16-14-12-10-8-6-4-2/h14,16,22,24,61-62,66-67H,3-13,15,17-21,23,25-60H2,1-2H3,(H,65,68)/b16-14-,24-22-. The second-order valence-corrected chi connectivity index (χ2v) is 21.7. The highest BCUT2D eigenvalue weighted by Crippen LogP contribution is 2.18. The van der Waals surface area contributed by atoms with Crippen molar-refractivity contribution in [1.29, 1.82) is 0 Å². The number of nitrogens with one attached hydrogen (secondary N) is 1. The maximum absolute atomic E-state index is 12.5. The van der Waals surface area contributed by atoms with Gasteiger partial charge in [0.1, 0.15) is 0 Å². The summed E-state index contributed by atoms with van der Waals surface area (Å²) in [7, 11) is 0. The Morgan fingerprint density at radius 3 is 1.03 bits per heavy atom. The SMILES string of the molecule is CCCCCC/C=C\CCCCCCCC(=O)OCCCCCCCCCC/C=C\CCCCCCCCCC(=O)NC(CO)C(O)CCCCCCCCCCCCCCCCCCCCCCC. The smallest absolute Gasteiger partial charge is 0.305 e. The Labute approximate surface area is 437 Å². The fourth-order valence-corrected chi connectivity index (χ4v) is 9.87. The molecule has 2 atom stereocenters. The number of allylic oxidation sites excluding steroid dienone is 4. The topological polar surface area (TPSA) is 95.9 Å². The van der Waals surface area contributed by atoms with Crippen LogP contribution >= 0.6 is 0 Å². The molecular weight excluding hydrogens is 863 g/mol. The zero-order chi connectivity index (χ0) is 50.7. The summed E-state index contributed by atoms with van der Waals surface area (Å²) in [6.45, 7) is 4.95. The molecule has 0 fully saturated rings. The summed E-state index contributed by atoms with van der Waals surface area (Å²) in [4.78, 5) is 24.5. The molecule has 0 aromatic rings. The summed E-state index contributed by atoms with van der Waals surface area (Å²) < 4.78 is 5.47. The monoisotopic (exact) mass is 986 g/mol. The Hall–Kier alpha value is -1.66. The Bertz CT molecular complexity index is 1090. The van der Waals surface area contributed by atoms with Gasteiger partial charge in [-0.05, 0) is 77.0 Å². The maximum atomic E-state index is 12.5. The summed E-state index contributed by atoms with van der Waals surface area (Å²) in [5, 5.41) is 23.4. The van der Waals surface area contributed by atoms with Gasteiger partial charge in [0.25, 0.3) is 0 Å². The molecule has 6 heteroatoms. The fraction of sp³-hybridized carbons (Fsp3) is 0.906. The Kier molecular flexibility index (Phi) is 58.5. The molecule has 0 heterocycles.